The monoisotopic (exact) mass is 379 g/mol. The molecule has 4 rings (SSSR count). The van der Waals surface area contributed by atoms with Crippen molar-refractivity contribution in [2.24, 2.45) is 0 Å². The van der Waals surface area contributed by atoms with Crippen molar-refractivity contribution in [3.63, 3.8) is 0 Å². The van der Waals surface area contributed by atoms with Crippen LogP contribution in [0.15, 0.2) is 42.5 Å². The van der Waals surface area contributed by atoms with Crippen LogP contribution in [0.1, 0.15) is 41.0 Å². The zero-order valence-corrected chi connectivity index (χ0v) is 15.6. The number of H-pyrrole nitrogens is 1. The van der Waals surface area contributed by atoms with Gasteiger partial charge in [-0.25, -0.2) is 0 Å². The van der Waals surface area contributed by atoms with Gasteiger partial charge in [-0.2, -0.15) is 5.10 Å². The van der Waals surface area contributed by atoms with Crippen LogP contribution in [0.3, 0.4) is 0 Å². The number of phenolic OH excluding ortho intramolecular Hbond substituents is 2. The maximum atomic E-state index is 13.0. The molecule has 1 amide bonds. The van der Waals surface area contributed by atoms with E-state index in [-0.39, 0.29) is 17.4 Å². The summed E-state index contributed by atoms with van der Waals surface area (Å²) in [6.45, 7) is 2.58. The summed E-state index contributed by atoms with van der Waals surface area (Å²) in [5, 5.41) is 27.5. The number of para-hydroxylation sites is 1. The third kappa shape index (κ3) is 2.67. The number of carbonyl (C=O) groups excluding carboxylic acids is 1. The molecule has 0 saturated heterocycles. The molecule has 0 fully saturated rings. The number of nitrogens with one attached hydrogen (secondary N) is 1. The molecule has 1 aromatic heterocycles. The number of amides is 1. The number of benzene rings is 2. The van der Waals surface area contributed by atoms with E-state index in [0.717, 1.165) is 12.0 Å². The molecule has 144 valence electrons. The summed E-state index contributed by atoms with van der Waals surface area (Å²) in [5.41, 5.74) is 3.03. The molecule has 28 heavy (non-hydrogen) atoms. The third-order valence-electron chi connectivity index (χ3n) is 5.01. The Balaban J connectivity index is 1.92. The molecule has 3 aromatic rings. The minimum absolute atomic E-state index is 0.0333. The van der Waals surface area contributed by atoms with Crippen molar-refractivity contribution in [2.75, 3.05) is 13.7 Å². The third-order valence-corrected chi connectivity index (χ3v) is 5.01. The lowest BCUT2D eigenvalue weighted by molar-refractivity contribution is 0.0744. The minimum atomic E-state index is -0.398. The highest BCUT2D eigenvalue weighted by molar-refractivity contribution is 6.00. The summed E-state index contributed by atoms with van der Waals surface area (Å²) in [7, 11) is 1.49. The molecule has 2 aromatic carbocycles. The zero-order valence-electron chi connectivity index (χ0n) is 15.6. The molecule has 0 saturated carbocycles. The van der Waals surface area contributed by atoms with Crippen LogP contribution < -0.4 is 4.74 Å². The van der Waals surface area contributed by atoms with Gasteiger partial charge in [0.2, 0.25) is 0 Å². The van der Waals surface area contributed by atoms with Gasteiger partial charge in [-0.3, -0.25) is 9.89 Å². The SMILES string of the molecule is CCCN1C(=O)c2[nH]nc(-c3ccccc3O)c2[C@@H]1c1ccc(O)c(OC)c1. The van der Waals surface area contributed by atoms with E-state index in [9.17, 15) is 15.0 Å². The lowest BCUT2D eigenvalue weighted by Crippen LogP contribution is -2.30. The van der Waals surface area contributed by atoms with Crippen molar-refractivity contribution >= 4 is 5.91 Å². The van der Waals surface area contributed by atoms with Crippen LogP contribution >= 0.6 is 0 Å². The van der Waals surface area contributed by atoms with E-state index >= 15 is 0 Å². The van der Waals surface area contributed by atoms with E-state index in [2.05, 4.69) is 10.2 Å². The van der Waals surface area contributed by atoms with Crippen molar-refractivity contribution in [1.82, 2.24) is 15.1 Å². The Hall–Kier alpha value is -3.48. The predicted molar refractivity (Wildman–Crippen MR) is 104 cm³/mol. The number of fused-ring (bicyclic) bond motifs is 1. The van der Waals surface area contributed by atoms with Gasteiger partial charge >= 0.3 is 0 Å². The van der Waals surface area contributed by atoms with Crippen LogP contribution in [-0.2, 0) is 0 Å². The fraction of sp³-hybridized carbons (Fsp3) is 0.238. The number of aromatic hydroxyl groups is 2. The molecule has 0 spiro atoms. The number of aromatic nitrogens is 2. The first kappa shape index (κ1) is 17.9. The molecule has 1 aliphatic rings. The lowest BCUT2D eigenvalue weighted by atomic mass is 9.95. The first-order chi connectivity index (χ1) is 13.6. The summed E-state index contributed by atoms with van der Waals surface area (Å²) in [6, 6.07) is 11.6. The Morgan fingerprint density at radius 3 is 2.68 bits per heavy atom. The highest BCUT2D eigenvalue weighted by Crippen LogP contribution is 2.45. The van der Waals surface area contributed by atoms with Gasteiger partial charge in [-0.1, -0.05) is 25.1 Å². The van der Waals surface area contributed by atoms with Crippen LogP contribution in [0.2, 0.25) is 0 Å². The molecule has 7 heteroatoms. The number of hydrogen-bond acceptors (Lipinski definition) is 5. The number of phenols is 2. The number of carbonyl (C=O) groups is 1. The maximum absolute atomic E-state index is 13.0. The second kappa shape index (κ2) is 6.92. The number of methoxy groups -OCH3 is 1. The van der Waals surface area contributed by atoms with E-state index in [4.69, 9.17) is 4.74 Å². The second-order valence-corrected chi connectivity index (χ2v) is 6.71. The zero-order chi connectivity index (χ0) is 19.8. The van der Waals surface area contributed by atoms with Crippen molar-refractivity contribution in [1.29, 1.82) is 0 Å². The smallest absolute Gasteiger partial charge is 0.273 e. The van der Waals surface area contributed by atoms with Crippen LogP contribution in [0.25, 0.3) is 11.3 Å². The fourth-order valence-corrected chi connectivity index (χ4v) is 3.76. The van der Waals surface area contributed by atoms with Crippen molar-refractivity contribution < 1.29 is 19.7 Å². The van der Waals surface area contributed by atoms with E-state index in [1.165, 1.54) is 7.11 Å². The quantitative estimate of drug-likeness (QED) is 0.631. The van der Waals surface area contributed by atoms with Crippen LogP contribution in [0, 0.1) is 0 Å². The molecular formula is C21H21N3O4. The topological polar surface area (TPSA) is 98.7 Å². The highest BCUT2D eigenvalue weighted by atomic mass is 16.5. The number of nitrogens with zero attached hydrogens (tertiary/aromatic N) is 2. The summed E-state index contributed by atoms with van der Waals surface area (Å²) in [6.07, 6.45) is 0.793. The van der Waals surface area contributed by atoms with E-state index in [1.807, 2.05) is 13.0 Å². The van der Waals surface area contributed by atoms with Gasteiger partial charge in [0.05, 0.1) is 13.2 Å². The standard InChI is InChI=1S/C21H21N3O4/c1-3-10-24-20(12-8-9-15(26)16(11-12)28-2)17-18(22-23-19(17)21(24)27)13-6-4-5-7-14(13)25/h4-9,11,20,25-26H,3,10H2,1-2H3,(H,22,23)/t20-/m0/s1. The number of aromatic amines is 1. The summed E-state index contributed by atoms with van der Waals surface area (Å²) >= 11 is 0. The normalized spacial score (nSPS) is 15.7. The summed E-state index contributed by atoms with van der Waals surface area (Å²) < 4.78 is 5.25. The molecule has 1 atom stereocenters. The van der Waals surface area contributed by atoms with E-state index in [1.54, 1.807) is 41.3 Å². The molecule has 3 N–H and O–H groups in total. The van der Waals surface area contributed by atoms with Crippen LogP contribution in [-0.4, -0.2) is 44.9 Å². The Bertz CT molecular complexity index is 1040. The van der Waals surface area contributed by atoms with E-state index in [0.29, 0.717) is 34.8 Å². The Kier molecular flexibility index (Phi) is 4.43. The molecule has 0 aliphatic carbocycles. The fourth-order valence-electron chi connectivity index (χ4n) is 3.76. The molecule has 0 bridgehead atoms. The van der Waals surface area contributed by atoms with Gasteiger partial charge in [0, 0.05) is 17.7 Å². The van der Waals surface area contributed by atoms with Crippen LogP contribution in [0.4, 0.5) is 0 Å². The molecule has 7 nitrogen and oxygen atoms in total. The average molecular weight is 379 g/mol. The molecule has 2 heterocycles. The van der Waals surface area contributed by atoms with Gasteiger partial charge in [-0.15, -0.1) is 0 Å². The lowest BCUT2D eigenvalue weighted by Gasteiger charge is -2.26. The molecule has 0 radical (unpaired) electrons. The minimum Gasteiger partial charge on any atom is -0.507 e. The summed E-state index contributed by atoms with van der Waals surface area (Å²) in [4.78, 5) is 14.8. The van der Waals surface area contributed by atoms with Crippen molar-refractivity contribution in [2.45, 2.75) is 19.4 Å². The molecule has 1 aliphatic heterocycles. The highest BCUT2D eigenvalue weighted by Gasteiger charge is 2.42. The van der Waals surface area contributed by atoms with Crippen molar-refractivity contribution in [3.05, 3.63) is 59.3 Å². The number of hydrogen-bond donors (Lipinski definition) is 3. The van der Waals surface area contributed by atoms with Gasteiger partial charge in [0.15, 0.2) is 11.5 Å². The maximum Gasteiger partial charge on any atom is 0.273 e. The van der Waals surface area contributed by atoms with Crippen molar-refractivity contribution in [3.8, 4) is 28.5 Å². The second-order valence-electron chi connectivity index (χ2n) is 6.71. The first-order valence-corrected chi connectivity index (χ1v) is 9.11. The Morgan fingerprint density at radius 1 is 1.18 bits per heavy atom. The number of rotatable bonds is 5. The largest absolute Gasteiger partial charge is 0.507 e. The van der Waals surface area contributed by atoms with Gasteiger partial charge in [-0.05, 0) is 36.2 Å². The van der Waals surface area contributed by atoms with Gasteiger partial charge < -0.3 is 19.8 Å². The average Bonchev–Trinajstić information content (AvgIpc) is 3.23. The Labute approximate surface area is 162 Å². The Morgan fingerprint density at radius 2 is 1.96 bits per heavy atom. The van der Waals surface area contributed by atoms with Crippen LogP contribution in [0.5, 0.6) is 17.2 Å². The first-order valence-electron chi connectivity index (χ1n) is 9.11. The molecule has 0 unspecified atom stereocenters. The summed E-state index contributed by atoms with van der Waals surface area (Å²) in [5.74, 6) is 0.330. The van der Waals surface area contributed by atoms with Gasteiger partial charge in [0.25, 0.3) is 5.91 Å². The van der Waals surface area contributed by atoms with Gasteiger partial charge in [0.1, 0.15) is 17.1 Å². The van der Waals surface area contributed by atoms with E-state index < -0.39 is 6.04 Å². The molecular weight excluding hydrogens is 358 g/mol. The predicted octanol–water partition coefficient (Wildman–Crippen LogP) is 3.45. The number of ether oxygens (including phenoxy) is 1.